The second-order valence-electron chi connectivity index (χ2n) is 4.12. The summed E-state index contributed by atoms with van der Waals surface area (Å²) in [6.45, 7) is 2.73. The third-order valence-electron chi connectivity index (χ3n) is 2.74. The summed E-state index contributed by atoms with van der Waals surface area (Å²) in [5, 5.41) is 9.32. The highest BCUT2D eigenvalue weighted by Crippen LogP contribution is 2.29. The Morgan fingerprint density at radius 3 is 2.70 bits per heavy atom. The molecule has 0 amide bonds. The van der Waals surface area contributed by atoms with Crippen LogP contribution < -0.4 is 4.72 Å². The SMILES string of the molecule is Cc1oc(C)c(S(=O)(=O)Nc2ncccc2Br)c1CO. The topological polar surface area (TPSA) is 92.4 Å². The largest absolute Gasteiger partial charge is 0.465 e. The molecule has 0 aromatic carbocycles. The lowest BCUT2D eigenvalue weighted by Gasteiger charge is -2.09. The Morgan fingerprint density at radius 2 is 2.10 bits per heavy atom. The molecule has 6 nitrogen and oxygen atoms in total. The summed E-state index contributed by atoms with van der Waals surface area (Å²) in [5.74, 6) is 0.784. The number of nitrogens with zero attached hydrogens (tertiary/aromatic N) is 1. The summed E-state index contributed by atoms with van der Waals surface area (Å²) in [5.41, 5.74) is 0.252. The van der Waals surface area contributed by atoms with Crippen LogP contribution in [0.25, 0.3) is 0 Å². The molecule has 0 saturated heterocycles. The van der Waals surface area contributed by atoms with Crippen molar-refractivity contribution < 1.29 is 17.9 Å². The van der Waals surface area contributed by atoms with Crippen molar-refractivity contribution in [1.82, 2.24) is 4.98 Å². The number of aliphatic hydroxyl groups is 1. The predicted octanol–water partition coefficient (Wildman–Crippen LogP) is 2.35. The molecule has 8 heteroatoms. The minimum Gasteiger partial charge on any atom is -0.465 e. The minimum absolute atomic E-state index is 0.0462. The fraction of sp³-hybridized carbons (Fsp3) is 0.250. The maximum Gasteiger partial charge on any atom is 0.266 e. The minimum atomic E-state index is -3.88. The number of hydrogen-bond donors (Lipinski definition) is 2. The van der Waals surface area contributed by atoms with Gasteiger partial charge in [0.25, 0.3) is 10.0 Å². The van der Waals surface area contributed by atoms with E-state index in [9.17, 15) is 13.5 Å². The highest BCUT2D eigenvalue weighted by atomic mass is 79.9. The predicted molar refractivity (Wildman–Crippen MR) is 76.9 cm³/mol. The highest BCUT2D eigenvalue weighted by molar-refractivity contribution is 9.10. The first-order valence-electron chi connectivity index (χ1n) is 5.70. The zero-order chi connectivity index (χ0) is 14.9. The first kappa shape index (κ1) is 15.0. The van der Waals surface area contributed by atoms with Crippen molar-refractivity contribution >= 4 is 31.8 Å². The van der Waals surface area contributed by atoms with Crippen molar-refractivity contribution in [2.75, 3.05) is 4.72 Å². The summed E-state index contributed by atoms with van der Waals surface area (Å²) in [7, 11) is -3.88. The number of aliphatic hydroxyl groups excluding tert-OH is 1. The molecule has 0 aliphatic carbocycles. The maximum atomic E-state index is 12.4. The van der Waals surface area contributed by atoms with Crippen LogP contribution in [0, 0.1) is 13.8 Å². The summed E-state index contributed by atoms with van der Waals surface area (Å²) in [6.07, 6.45) is 1.48. The van der Waals surface area contributed by atoms with E-state index in [4.69, 9.17) is 4.42 Å². The zero-order valence-electron chi connectivity index (χ0n) is 10.8. The lowest BCUT2D eigenvalue weighted by molar-refractivity contribution is 0.276. The molecule has 0 atom stereocenters. The molecular formula is C12H13BrN2O4S. The van der Waals surface area contributed by atoms with Crippen molar-refractivity contribution in [3.8, 4) is 0 Å². The molecule has 2 N–H and O–H groups in total. The van der Waals surface area contributed by atoms with E-state index >= 15 is 0 Å². The Bertz CT molecular complexity index is 740. The molecule has 0 saturated carbocycles. The second kappa shape index (κ2) is 5.55. The van der Waals surface area contributed by atoms with Gasteiger partial charge in [-0.3, -0.25) is 4.72 Å². The van der Waals surface area contributed by atoms with Gasteiger partial charge in [0.05, 0.1) is 11.1 Å². The van der Waals surface area contributed by atoms with Crippen LogP contribution in [0.3, 0.4) is 0 Å². The zero-order valence-corrected chi connectivity index (χ0v) is 13.2. The van der Waals surface area contributed by atoms with E-state index in [2.05, 4.69) is 25.6 Å². The Kier molecular flexibility index (Phi) is 4.17. The standard InChI is InChI=1S/C12H13BrN2O4S/c1-7-9(6-16)11(8(2)19-7)20(17,18)15-12-10(13)4-3-5-14-12/h3-5,16H,6H2,1-2H3,(H,14,15). The van der Waals surface area contributed by atoms with E-state index in [0.29, 0.717) is 10.2 Å². The number of nitrogens with one attached hydrogen (secondary N) is 1. The van der Waals surface area contributed by atoms with E-state index in [0.717, 1.165) is 0 Å². The number of hydrogen-bond acceptors (Lipinski definition) is 5. The fourth-order valence-electron chi connectivity index (χ4n) is 1.88. The molecule has 0 bridgehead atoms. The molecule has 2 aromatic rings. The van der Waals surface area contributed by atoms with Gasteiger partial charge in [-0.15, -0.1) is 0 Å². The normalized spacial score (nSPS) is 11.6. The monoisotopic (exact) mass is 360 g/mol. The molecule has 0 aliphatic heterocycles. The van der Waals surface area contributed by atoms with E-state index in [1.165, 1.54) is 13.1 Å². The molecule has 0 aliphatic rings. The van der Waals surface area contributed by atoms with Gasteiger partial charge in [-0.05, 0) is 41.9 Å². The van der Waals surface area contributed by atoms with Gasteiger partial charge < -0.3 is 9.52 Å². The van der Waals surface area contributed by atoms with Crippen LogP contribution in [0.2, 0.25) is 0 Å². The second-order valence-corrected chi connectivity index (χ2v) is 6.59. The molecule has 2 aromatic heterocycles. The van der Waals surface area contributed by atoms with Crippen molar-refractivity contribution in [3.05, 3.63) is 39.9 Å². The number of pyridine rings is 1. The van der Waals surface area contributed by atoms with Crippen LogP contribution in [-0.2, 0) is 16.6 Å². The smallest absolute Gasteiger partial charge is 0.266 e. The first-order valence-corrected chi connectivity index (χ1v) is 7.97. The molecule has 0 radical (unpaired) electrons. The Labute approximate surface area is 125 Å². The molecule has 0 fully saturated rings. The van der Waals surface area contributed by atoms with Crippen LogP contribution in [0.1, 0.15) is 17.1 Å². The quantitative estimate of drug-likeness (QED) is 0.872. The Hall–Kier alpha value is -1.38. The number of halogens is 1. The van der Waals surface area contributed by atoms with E-state index in [1.54, 1.807) is 19.1 Å². The molecule has 0 unspecified atom stereocenters. The highest BCUT2D eigenvalue weighted by Gasteiger charge is 2.27. The summed E-state index contributed by atoms with van der Waals surface area (Å²) >= 11 is 3.22. The lowest BCUT2D eigenvalue weighted by atomic mass is 10.2. The lowest BCUT2D eigenvalue weighted by Crippen LogP contribution is -2.16. The van der Waals surface area contributed by atoms with Crippen LogP contribution in [0.5, 0.6) is 0 Å². The molecular weight excluding hydrogens is 348 g/mol. The number of furan rings is 1. The number of aromatic nitrogens is 1. The molecule has 2 heterocycles. The van der Waals surface area contributed by atoms with Crippen LogP contribution in [0.15, 0.2) is 32.1 Å². The van der Waals surface area contributed by atoms with Crippen molar-refractivity contribution in [1.29, 1.82) is 0 Å². The number of anilines is 1. The Balaban J connectivity index is 2.49. The van der Waals surface area contributed by atoms with Crippen molar-refractivity contribution in [2.24, 2.45) is 0 Å². The van der Waals surface area contributed by atoms with Gasteiger partial charge in [-0.1, -0.05) is 0 Å². The van der Waals surface area contributed by atoms with E-state index < -0.39 is 16.6 Å². The van der Waals surface area contributed by atoms with Crippen LogP contribution >= 0.6 is 15.9 Å². The van der Waals surface area contributed by atoms with Gasteiger partial charge in [0.2, 0.25) is 0 Å². The third-order valence-corrected chi connectivity index (χ3v) is 4.91. The average Bonchev–Trinajstić information content (AvgIpc) is 2.67. The number of rotatable bonds is 4. The average molecular weight is 361 g/mol. The molecule has 20 heavy (non-hydrogen) atoms. The summed E-state index contributed by atoms with van der Waals surface area (Å²) < 4.78 is 33.0. The van der Waals surface area contributed by atoms with Gasteiger partial charge >= 0.3 is 0 Å². The van der Waals surface area contributed by atoms with Gasteiger partial charge in [-0.2, -0.15) is 0 Å². The van der Waals surface area contributed by atoms with Crippen molar-refractivity contribution in [3.63, 3.8) is 0 Å². The fourth-order valence-corrected chi connectivity index (χ4v) is 3.84. The summed E-state index contributed by atoms with van der Waals surface area (Å²) in [4.78, 5) is 3.90. The number of sulfonamides is 1. The van der Waals surface area contributed by atoms with E-state index in [1.807, 2.05) is 0 Å². The van der Waals surface area contributed by atoms with Crippen LogP contribution in [-0.4, -0.2) is 18.5 Å². The van der Waals surface area contributed by atoms with Gasteiger partial charge in [0.15, 0.2) is 5.82 Å². The van der Waals surface area contributed by atoms with Crippen LogP contribution in [0.4, 0.5) is 5.82 Å². The molecule has 2 rings (SSSR count). The van der Waals surface area contributed by atoms with Gasteiger partial charge in [0.1, 0.15) is 16.4 Å². The summed E-state index contributed by atoms with van der Waals surface area (Å²) in [6, 6.07) is 3.35. The van der Waals surface area contributed by atoms with E-state index in [-0.39, 0.29) is 22.0 Å². The van der Waals surface area contributed by atoms with Gasteiger partial charge in [0, 0.05) is 11.8 Å². The third kappa shape index (κ3) is 2.72. The number of aryl methyl sites for hydroxylation is 2. The Morgan fingerprint density at radius 1 is 1.40 bits per heavy atom. The first-order chi connectivity index (χ1) is 9.36. The molecule has 108 valence electrons. The van der Waals surface area contributed by atoms with Gasteiger partial charge in [-0.25, -0.2) is 13.4 Å². The maximum absolute atomic E-state index is 12.4. The molecule has 0 spiro atoms. The van der Waals surface area contributed by atoms with Crippen molar-refractivity contribution in [2.45, 2.75) is 25.3 Å².